The van der Waals surface area contributed by atoms with Crippen LogP contribution in [0.4, 0.5) is 0 Å². The van der Waals surface area contributed by atoms with Crippen LogP contribution in [0.1, 0.15) is 70.5 Å². The lowest BCUT2D eigenvalue weighted by Crippen LogP contribution is -2.18. The average Bonchev–Trinajstić information content (AvgIpc) is 2.89. The van der Waals surface area contributed by atoms with Gasteiger partial charge in [-0.05, 0) is 38.5 Å². The van der Waals surface area contributed by atoms with Gasteiger partial charge in [-0.3, -0.25) is 0 Å². The van der Waals surface area contributed by atoms with Crippen LogP contribution in [0.5, 0.6) is 0 Å². The highest BCUT2D eigenvalue weighted by molar-refractivity contribution is 8.13. The van der Waals surface area contributed by atoms with E-state index in [0.717, 1.165) is 24.6 Å². The van der Waals surface area contributed by atoms with Gasteiger partial charge in [0.1, 0.15) is 5.82 Å². The number of hydrogen-bond donors (Lipinski definition) is 0. The number of nitrogens with zero attached hydrogens (tertiary/aromatic N) is 3. The third-order valence-electron chi connectivity index (χ3n) is 4.46. The van der Waals surface area contributed by atoms with E-state index in [0.29, 0.717) is 12.5 Å². The van der Waals surface area contributed by atoms with Gasteiger partial charge < -0.3 is 4.57 Å². The van der Waals surface area contributed by atoms with Gasteiger partial charge in [-0.1, -0.05) is 26.2 Å². The lowest BCUT2D eigenvalue weighted by atomic mass is 9.79. The van der Waals surface area contributed by atoms with Crippen LogP contribution >= 0.6 is 10.7 Å². The maximum absolute atomic E-state index is 11.5. The summed E-state index contributed by atoms with van der Waals surface area (Å²) in [6, 6.07) is 0. The van der Waals surface area contributed by atoms with Crippen molar-refractivity contribution in [3.63, 3.8) is 0 Å². The second-order valence-electron chi connectivity index (χ2n) is 5.88. The van der Waals surface area contributed by atoms with E-state index in [1.807, 2.05) is 6.92 Å². The van der Waals surface area contributed by atoms with Gasteiger partial charge >= 0.3 is 0 Å². The molecule has 1 aromatic rings. The molecular weight excluding hydrogens is 310 g/mol. The first kappa shape index (κ1) is 16.7. The number of hydrogen-bond acceptors (Lipinski definition) is 4. The Kier molecular flexibility index (Phi) is 5.66. The molecule has 0 bridgehead atoms. The predicted molar refractivity (Wildman–Crippen MR) is 83.0 cm³/mol. The second-order valence-corrected chi connectivity index (χ2v) is 8.34. The van der Waals surface area contributed by atoms with E-state index in [-0.39, 0.29) is 5.16 Å². The monoisotopic (exact) mass is 333 g/mol. The zero-order valence-electron chi connectivity index (χ0n) is 12.8. The van der Waals surface area contributed by atoms with E-state index >= 15 is 0 Å². The summed E-state index contributed by atoms with van der Waals surface area (Å²) in [4.78, 5) is 0. The molecule has 0 unspecified atom stereocenters. The van der Waals surface area contributed by atoms with E-state index in [2.05, 4.69) is 17.1 Å². The van der Waals surface area contributed by atoms with Crippen LogP contribution in [0.15, 0.2) is 5.16 Å². The van der Waals surface area contributed by atoms with Crippen molar-refractivity contribution in [2.45, 2.75) is 76.4 Å². The van der Waals surface area contributed by atoms with Gasteiger partial charge in [-0.15, -0.1) is 10.2 Å². The second kappa shape index (κ2) is 7.09. The molecule has 5 nitrogen and oxygen atoms in total. The highest BCUT2D eigenvalue weighted by Crippen LogP contribution is 2.37. The minimum Gasteiger partial charge on any atom is -0.301 e. The van der Waals surface area contributed by atoms with Gasteiger partial charge in [-0.25, -0.2) is 8.42 Å². The van der Waals surface area contributed by atoms with Crippen molar-refractivity contribution < 1.29 is 8.42 Å². The Balaban J connectivity index is 2.09. The van der Waals surface area contributed by atoms with Crippen molar-refractivity contribution in [1.82, 2.24) is 14.8 Å². The average molecular weight is 334 g/mol. The molecule has 120 valence electrons. The van der Waals surface area contributed by atoms with Crippen molar-refractivity contribution >= 4 is 19.7 Å². The maximum atomic E-state index is 11.5. The van der Waals surface area contributed by atoms with Crippen LogP contribution < -0.4 is 0 Å². The molecule has 1 saturated carbocycles. The van der Waals surface area contributed by atoms with Crippen LogP contribution in [0.25, 0.3) is 0 Å². The Labute approximate surface area is 131 Å². The molecule has 0 aliphatic heterocycles. The Hall–Kier alpha value is -0.620. The molecule has 1 aliphatic rings. The van der Waals surface area contributed by atoms with Gasteiger partial charge in [0.05, 0.1) is 0 Å². The van der Waals surface area contributed by atoms with Crippen LogP contribution in [0, 0.1) is 5.92 Å². The highest BCUT2D eigenvalue weighted by Gasteiger charge is 2.29. The van der Waals surface area contributed by atoms with Crippen molar-refractivity contribution in [1.29, 1.82) is 0 Å². The van der Waals surface area contributed by atoms with Crippen LogP contribution in [-0.2, 0) is 15.6 Å². The molecule has 0 aromatic carbocycles. The van der Waals surface area contributed by atoms with Crippen LogP contribution in [0.2, 0.25) is 0 Å². The fraction of sp³-hybridized carbons (Fsp3) is 0.857. The Morgan fingerprint density at radius 3 is 2.38 bits per heavy atom. The minimum atomic E-state index is -3.82. The molecule has 0 saturated heterocycles. The van der Waals surface area contributed by atoms with Crippen molar-refractivity contribution in [3.8, 4) is 0 Å². The van der Waals surface area contributed by atoms with E-state index < -0.39 is 9.05 Å². The molecule has 0 atom stereocenters. The molecule has 0 amide bonds. The van der Waals surface area contributed by atoms with Crippen LogP contribution in [0.3, 0.4) is 0 Å². The highest BCUT2D eigenvalue weighted by atomic mass is 35.7. The zero-order valence-corrected chi connectivity index (χ0v) is 14.3. The lowest BCUT2D eigenvalue weighted by Gasteiger charge is -2.28. The van der Waals surface area contributed by atoms with E-state index in [1.54, 1.807) is 4.57 Å². The molecule has 2 rings (SSSR count). The number of rotatable bonds is 6. The standard InChI is InChI=1S/C14H24ClN3O2S/c1-3-5-6-11-7-9-12(10-8-11)13-16-17-14(18(13)4-2)21(15,19)20/h11-12H,3-10H2,1-2H3. The van der Waals surface area contributed by atoms with Gasteiger partial charge in [0.15, 0.2) is 0 Å². The minimum absolute atomic E-state index is 0.116. The van der Waals surface area contributed by atoms with E-state index in [4.69, 9.17) is 10.7 Å². The van der Waals surface area contributed by atoms with Gasteiger partial charge in [0, 0.05) is 23.1 Å². The first-order valence-corrected chi connectivity index (χ1v) is 10.2. The van der Waals surface area contributed by atoms with E-state index in [9.17, 15) is 8.42 Å². The van der Waals surface area contributed by atoms with Crippen molar-refractivity contribution in [2.75, 3.05) is 0 Å². The number of halogens is 1. The Bertz CT molecular complexity index is 563. The van der Waals surface area contributed by atoms with Crippen molar-refractivity contribution in [3.05, 3.63) is 5.82 Å². The molecule has 1 heterocycles. The molecule has 1 aromatic heterocycles. The first-order chi connectivity index (χ1) is 9.97. The molecule has 7 heteroatoms. The first-order valence-electron chi connectivity index (χ1n) is 7.85. The third kappa shape index (κ3) is 3.97. The topological polar surface area (TPSA) is 64.8 Å². The molecule has 1 aliphatic carbocycles. The SMILES string of the molecule is CCCCC1CCC(c2nnc(S(=O)(=O)Cl)n2CC)CC1. The van der Waals surface area contributed by atoms with Gasteiger partial charge in [0.25, 0.3) is 14.2 Å². The zero-order chi connectivity index (χ0) is 15.5. The van der Waals surface area contributed by atoms with Crippen molar-refractivity contribution in [2.24, 2.45) is 5.92 Å². The molecular formula is C14H24ClN3O2S. The predicted octanol–water partition coefficient (Wildman–Crippen LogP) is 3.69. The summed E-state index contributed by atoms with van der Waals surface area (Å²) in [6.07, 6.45) is 8.39. The normalized spacial score (nSPS) is 23.4. The molecule has 0 spiro atoms. The Morgan fingerprint density at radius 1 is 1.19 bits per heavy atom. The summed E-state index contributed by atoms with van der Waals surface area (Å²) in [6.45, 7) is 4.65. The Morgan fingerprint density at radius 2 is 1.86 bits per heavy atom. The molecule has 21 heavy (non-hydrogen) atoms. The van der Waals surface area contributed by atoms with Gasteiger partial charge in [0.2, 0.25) is 0 Å². The smallest absolute Gasteiger partial charge is 0.296 e. The summed E-state index contributed by atoms with van der Waals surface area (Å²) >= 11 is 0. The van der Waals surface area contributed by atoms with Gasteiger partial charge in [-0.2, -0.15) is 0 Å². The summed E-state index contributed by atoms with van der Waals surface area (Å²) in [5, 5.41) is 7.79. The molecule has 0 N–H and O–H groups in total. The summed E-state index contributed by atoms with van der Waals surface area (Å²) in [7, 11) is 1.60. The summed E-state index contributed by atoms with van der Waals surface area (Å²) < 4.78 is 24.7. The quantitative estimate of drug-likeness (QED) is 0.745. The summed E-state index contributed by atoms with van der Waals surface area (Å²) in [5.41, 5.74) is 0. The van der Waals surface area contributed by atoms with E-state index in [1.165, 1.54) is 32.1 Å². The molecule has 0 radical (unpaired) electrons. The maximum Gasteiger partial charge on any atom is 0.296 e. The lowest BCUT2D eigenvalue weighted by molar-refractivity contribution is 0.294. The number of unbranched alkanes of at least 4 members (excludes halogenated alkanes) is 1. The molecule has 1 fully saturated rings. The fourth-order valence-corrected chi connectivity index (χ4v) is 4.25. The largest absolute Gasteiger partial charge is 0.301 e. The third-order valence-corrected chi connectivity index (χ3v) is 5.61. The fourth-order valence-electron chi connectivity index (χ4n) is 3.28. The van der Waals surface area contributed by atoms with Crippen LogP contribution in [-0.4, -0.2) is 23.2 Å². The number of aromatic nitrogens is 3. The summed E-state index contributed by atoms with van der Waals surface area (Å²) in [5.74, 6) is 1.91.